The topological polar surface area (TPSA) is 104 Å². The van der Waals surface area contributed by atoms with E-state index in [0.29, 0.717) is 12.1 Å². The summed E-state index contributed by atoms with van der Waals surface area (Å²) in [6.45, 7) is 0.0260. The molecule has 0 aliphatic carbocycles. The molecule has 0 amide bonds. The molecule has 1 heterocycles. The molecule has 0 bridgehead atoms. The molecular weight excluding hydrogens is 314 g/mol. The van der Waals surface area contributed by atoms with Crippen LogP contribution in [0.1, 0.15) is 15.9 Å². The summed E-state index contributed by atoms with van der Waals surface area (Å²) in [7, 11) is -3.80. The van der Waals surface area contributed by atoms with Gasteiger partial charge in [0.25, 0.3) is 10.0 Å². The Balaban J connectivity index is 2.18. The second-order valence-electron chi connectivity index (χ2n) is 4.24. The number of hydrogen-bond acceptors (Lipinski definition) is 5. The number of carboxylic acid groups (broad SMARTS) is 1. The number of carbonyl (C=O) groups is 1. The van der Waals surface area contributed by atoms with Crippen LogP contribution in [0.3, 0.4) is 0 Å². The summed E-state index contributed by atoms with van der Waals surface area (Å²) in [5.41, 5.74) is 1.21. The quantitative estimate of drug-likeness (QED) is 0.750. The van der Waals surface area contributed by atoms with Gasteiger partial charge in [0.05, 0.1) is 5.56 Å². The van der Waals surface area contributed by atoms with E-state index in [0.717, 1.165) is 23.0 Å². The molecule has 2 aromatic rings. The van der Waals surface area contributed by atoms with Crippen molar-refractivity contribution in [1.29, 1.82) is 0 Å². The lowest BCUT2D eigenvalue weighted by Gasteiger charge is -2.07. The minimum absolute atomic E-state index is 0.0260. The van der Waals surface area contributed by atoms with E-state index < -0.39 is 16.0 Å². The summed E-state index contributed by atoms with van der Waals surface area (Å²) in [6.07, 6.45) is 0.500. The van der Waals surface area contributed by atoms with Gasteiger partial charge in [-0.3, -0.25) is 4.72 Å². The lowest BCUT2D eigenvalue weighted by atomic mass is 10.1. The van der Waals surface area contributed by atoms with Gasteiger partial charge in [-0.25, -0.2) is 13.2 Å². The second-order valence-corrected chi connectivity index (χ2v) is 7.06. The van der Waals surface area contributed by atoms with Crippen LogP contribution in [-0.2, 0) is 16.4 Å². The maximum atomic E-state index is 12.1. The number of aliphatic hydroxyl groups is 1. The van der Waals surface area contributed by atoms with Crippen LogP contribution in [0.2, 0.25) is 0 Å². The molecule has 0 radical (unpaired) electrons. The second kappa shape index (κ2) is 6.25. The summed E-state index contributed by atoms with van der Waals surface area (Å²) in [5, 5.41) is 18.9. The SMILES string of the molecule is O=C(O)c1csc(S(=O)(=O)Nc2ccc(CCO)cc2)c1. The summed E-state index contributed by atoms with van der Waals surface area (Å²) in [6, 6.07) is 7.73. The van der Waals surface area contributed by atoms with Gasteiger partial charge in [-0.2, -0.15) is 0 Å². The third kappa shape index (κ3) is 3.81. The molecule has 0 atom stereocenters. The lowest BCUT2D eigenvalue weighted by Crippen LogP contribution is -2.11. The fourth-order valence-corrected chi connectivity index (χ4v) is 3.86. The largest absolute Gasteiger partial charge is 0.478 e. The molecule has 8 heteroatoms. The van der Waals surface area contributed by atoms with Crippen LogP contribution in [0.4, 0.5) is 5.69 Å². The highest BCUT2D eigenvalue weighted by Crippen LogP contribution is 2.23. The summed E-state index contributed by atoms with van der Waals surface area (Å²) in [5.74, 6) is -1.17. The molecule has 2 rings (SSSR count). The fraction of sp³-hybridized carbons (Fsp3) is 0.154. The number of hydrogen-bond donors (Lipinski definition) is 3. The highest BCUT2D eigenvalue weighted by atomic mass is 32.2. The van der Waals surface area contributed by atoms with Gasteiger partial charge >= 0.3 is 5.97 Å². The molecule has 0 fully saturated rings. The van der Waals surface area contributed by atoms with Crippen molar-refractivity contribution in [3.05, 3.63) is 46.8 Å². The van der Waals surface area contributed by atoms with E-state index in [1.54, 1.807) is 24.3 Å². The Bertz CT molecular complexity index is 734. The molecule has 0 spiro atoms. The summed E-state index contributed by atoms with van der Waals surface area (Å²) >= 11 is 0.851. The van der Waals surface area contributed by atoms with Gasteiger partial charge in [0.2, 0.25) is 0 Å². The van der Waals surface area contributed by atoms with E-state index >= 15 is 0 Å². The van der Waals surface area contributed by atoms with Crippen molar-refractivity contribution in [3.63, 3.8) is 0 Å². The van der Waals surface area contributed by atoms with Crippen LogP contribution in [0, 0.1) is 0 Å². The highest BCUT2D eigenvalue weighted by Gasteiger charge is 2.18. The zero-order chi connectivity index (χ0) is 15.5. The number of sulfonamides is 1. The highest BCUT2D eigenvalue weighted by molar-refractivity contribution is 7.94. The van der Waals surface area contributed by atoms with Gasteiger partial charge < -0.3 is 10.2 Å². The number of carboxylic acids is 1. The Morgan fingerprint density at radius 3 is 2.43 bits per heavy atom. The van der Waals surface area contributed by atoms with Crippen LogP contribution in [0.25, 0.3) is 0 Å². The predicted octanol–water partition coefficient (Wildman–Crippen LogP) is 1.78. The maximum absolute atomic E-state index is 12.1. The van der Waals surface area contributed by atoms with Gasteiger partial charge in [0, 0.05) is 17.7 Å². The van der Waals surface area contributed by atoms with E-state index in [9.17, 15) is 13.2 Å². The fourth-order valence-electron chi connectivity index (χ4n) is 1.64. The number of rotatable bonds is 6. The van der Waals surface area contributed by atoms with Gasteiger partial charge in [-0.05, 0) is 30.2 Å². The van der Waals surface area contributed by atoms with Crippen molar-refractivity contribution in [3.8, 4) is 0 Å². The van der Waals surface area contributed by atoms with Crippen molar-refractivity contribution >= 4 is 33.0 Å². The number of nitrogens with one attached hydrogen (secondary N) is 1. The van der Waals surface area contributed by atoms with Crippen LogP contribution in [-0.4, -0.2) is 31.2 Å². The molecular formula is C13H13NO5S2. The van der Waals surface area contributed by atoms with Gasteiger partial charge in [0.1, 0.15) is 4.21 Å². The van der Waals surface area contributed by atoms with E-state index in [1.165, 1.54) is 5.38 Å². The van der Waals surface area contributed by atoms with Crippen molar-refractivity contribution in [2.24, 2.45) is 0 Å². The Hall–Kier alpha value is -1.90. The molecule has 3 N–H and O–H groups in total. The number of benzene rings is 1. The first-order valence-electron chi connectivity index (χ1n) is 5.97. The average molecular weight is 327 g/mol. The Morgan fingerprint density at radius 2 is 1.90 bits per heavy atom. The first kappa shape index (κ1) is 15.5. The number of anilines is 1. The normalized spacial score (nSPS) is 11.3. The zero-order valence-electron chi connectivity index (χ0n) is 10.8. The van der Waals surface area contributed by atoms with E-state index in [2.05, 4.69) is 4.72 Å². The maximum Gasteiger partial charge on any atom is 0.336 e. The molecule has 21 heavy (non-hydrogen) atoms. The van der Waals surface area contributed by atoms with Crippen molar-refractivity contribution in [1.82, 2.24) is 0 Å². The Morgan fingerprint density at radius 1 is 1.24 bits per heavy atom. The van der Waals surface area contributed by atoms with Gasteiger partial charge in [0.15, 0.2) is 0 Å². The zero-order valence-corrected chi connectivity index (χ0v) is 12.4. The van der Waals surface area contributed by atoms with Crippen molar-refractivity contribution in [2.75, 3.05) is 11.3 Å². The van der Waals surface area contributed by atoms with Crippen molar-refractivity contribution in [2.45, 2.75) is 10.6 Å². The third-order valence-corrected chi connectivity index (χ3v) is 5.51. The number of aliphatic hydroxyl groups excluding tert-OH is 1. The van der Waals surface area contributed by atoms with E-state index in [4.69, 9.17) is 10.2 Å². The van der Waals surface area contributed by atoms with Crippen LogP contribution < -0.4 is 4.72 Å². The molecule has 0 unspecified atom stereocenters. The average Bonchev–Trinajstić information content (AvgIpc) is 2.92. The van der Waals surface area contributed by atoms with E-state index in [1.807, 2.05) is 0 Å². The first-order valence-corrected chi connectivity index (χ1v) is 8.33. The molecule has 6 nitrogen and oxygen atoms in total. The van der Waals surface area contributed by atoms with Gasteiger partial charge in [-0.1, -0.05) is 12.1 Å². The standard InChI is InChI=1S/C13H13NO5S2/c15-6-5-9-1-3-11(4-2-9)14-21(18,19)12-7-10(8-20-12)13(16)17/h1-4,7-8,14-15H,5-6H2,(H,16,17). The molecule has 0 saturated heterocycles. The third-order valence-electron chi connectivity index (χ3n) is 2.69. The molecule has 0 saturated carbocycles. The molecule has 1 aromatic heterocycles. The Kier molecular flexibility index (Phi) is 4.61. The van der Waals surface area contributed by atoms with Crippen LogP contribution in [0.15, 0.2) is 39.9 Å². The molecule has 0 aliphatic rings. The van der Waals surface area contributed by atoms with Crippen LogP contribution in [0.5, 0.6) is 0 Å². The summed E-state index contributed by atoms with van der Waals surface area (Å²) in [4.78, 5) is 10.8. The minimum atomic E-state index is -3.80. The lowest BCUT2D eigenvalue weighted by molar-refractivity contribution is 0.0697. The predicted molar refractivity (Wildman–Crippen MR) is 79.3 cm³/mol. The first-order chi connectivity index (χ1) is 9.92. The van der Waals surface area contributed by atoms with Crippen LogP contribution >= 0.6 is 11.3 Å². The van der Waals surface area contributed by atoms with Crippen molar-refractivity contribution < 1.29 is 23.4 Å². The number of aromatic carboxylic acids is 1. The monoisotopic (exact) mass is 327 g/mol. The smallest absolute Gasteiger partial charge is 0.336 e. The molecule has 0 aliphatic heterocycles. The van der Waals surface area contributed by atoms with E-state index in [-0.39, 0.29) is 16.4 Å². The number of thiophene rings is 1. The molecule has 1 aromatic carbocycles. The molecule has 112 valence electrons. The summed E-state index contributed by atoms with van der Waals surface area (Å²) < 4.78 is 26.6. The minimum Gasteiger partial charge on any atom is -0.478 e. The Labute approximate surface area is 125 Å². The van der Waals surface area contributed by atoms with Gasteiger partial charge in [-0.15, -0.1) is 11.3 Å².